The summed E-state index contributed by atoms with van der Waals surface area (Å²) in [6, 6.07) is 41.3. The number of halogens is 6. The summed E-state index contributed by atoms with van der Waals surface area (Å²) in [5.41, 5.74) is 1.58. The highest BCUT2D eigenvalue weighted by Gasteiger charge is 2.38. The monoisotopic (exact) mass is 821 g/mol. The molecule has 294 valence electrons. The van der Waals surface area contributed by atoms with Gasteiger partial charge in [0.05, 0.1) is 103 Å². The number of hydrogen-bond donors (Lipinski definition) is 0. The van der Waals surface area contributed by atoms with Crippen LogP contribution < -0.4 is 0 Å². The van der Waals surface area contributed by atoms with Crippen LogP contribution in [0.4, 0.5) is 26.3 Å². The van der Waals surface area contributed by atoms with Gasteiger partial charge >= 0.3 is 12.4 Å². The van der Waals surface area contributed by atoms with E-state index in [0.717, 1.165) is 6.07 Å². The fourth-order valence-electron chi connectivity index (χ4n) is 8.18. The van der Waals surface area contributed by atoms with Crippen LogP contribution in [0.15, 0.2) is 127 Å². The lowest BCUT2D eigenvalue weighted by Crippen LogP contribution is -2.12. The summed E-state index contributed by atoms with van der Waals surface area (Å²) >= 11 is 0. The van der Waals surface area contributed by atoms with Crippen molar-refractivity contribution in [2.75, 3.05) is 0 Å². The Morgan fingerprint density at radius 3 is 1.11 bits per heavy atom. The molecule has 0 bridgehead atoms. The van der Waals surface area contributed by atoms with Crippen molar-refractivity contribution in [3.63, 3.8) is 0 Å². The zero-order valence-corrected chi connectivity index (χ0v) is 31.5. The minimum atomic E-state index is -5.20. The number of fused-ring (bicyclic) bond motifs is 6. The summed E-state index contributed by atoms with van der Waals surface area (Å²) in [5.74, 6) is 0. The van der Waals surface area contributed by atoms with Crippen LogP contribution in [0.3, 0.4) is 0 Å². The summed E-state index contributed by atoms with van der Waals surface area (Å²) in [4.78, 5) is 0. The van der Waals surface area contributed by atoms with E-state index in [-0.39, 0.29) is 22.8 Å². The van der Waals surface area contributed by atoms with E-state index in [1.54, 1.807) is 97.1 Å². The second-order valence-electron chi connectivity index (χ2n) is 14.4. The van der Waals surface area contributed by atoms with Crippen molar-refractivity contribution in [1.82, 2.24) is 9.13 Å². The standard InChI is InChI=1S/C49H21F6N7/c50-48(51,52)33-7-8-34(41(21-33)49(53,54)55)32-6-14-47(62-44-11-3-29(24-58)17-37(44)38-18-30(25-59)4-12-45(38)62)40(20-32)39-19-31(26-60)5-13-46(39)61-42-9-1-27(22-56)15-35(42)36-16-28(23-57)2-10-43(36)61/h1-21H. The molecule has 0 aliphatic heterocycles. The highest BCUT2D eigenvalue weighted by Crippen LogP contribution is 2.46. The Morgan fingerprint density at radius 1 is 0.355 bits per heavy atom. The van der Waals surface area contributed by atoms with Crippen LogP contribution >= 0.6 is 0 Å². The number of nitriles is 5. The zero-order chi connectivity index (χ0) is 43.7. The number of alkyl halides is 6. The molecule has 9 aromatic rings. The molecule has 62 heavy (non-hydrogen) atoms. The average molecular weight is 822 g/mol. The highest BCUT2D eigenvalue weighted by atomic mass is 19.4. The van der Waals surface area contributed by atoms with E-state index in [0.29, 0.717) is 88.9 Å². The van der Waals surface area contributed by atoms with E-state index < -0.39 is 29.0 Å². The van der Waals surface area contributed by atoms with Gasteiger partial charge in [-0.1, -0.05) is 12.1 Å². The van der Waals surface area contributed by atoms with Crippen molar-refractivity contribution < 1.29 is 26.3 Å². The summed E-state index contributed by atoms with van der Waals surface area (Å²) in [6.45, 7) is 0. The van der Waals surface area contributed by atoms with Gasteiger partial charge in [0.2, 0.25) is 0 Å². The van der Waals surface area contributed by atoms with Gasteiger partial charge in [0, 0.05) is 32.7 Å². The molecule has 0 aliphatic carbocycles. The third kappa shape index (κ3) is 6.20. The van der Waals surface area contributed by atoms with Crippen molar-refractivity contribution in [3.05, 3.63) is 166 Å². The van der Waals surface area contributed by atoms with E-state index >= 15 is 0 Å². The lowest BCUT2D eigenvalue weighted by molar-refractivity contribution is -0.142. The fraction of sp³-hybridized carbons (Fsp3) is 0.0408. The van der Waals surface area contributed by atoms with Crippen LogP contribution in [-0.4, -0.2) is 9.13 Å². The second-order valence-corrected chi connectivity index (χ2v) is 14.4. The maximum atomic E-state index is 14.8. The van der Waals surface area contributed by atoms with Gasteiger partial charge in [-0.25, -0.2) is 0 Å². The lowest BCUT2D eigenvalue weighted by Gasteiger charge is -2.21. The molecule has 9 rings (SSSR count). The molecular weight excluding hydrogens is 801 g/mol. The van der Waals surface area contributed by atoms with E-state index in [2.05, 4.69) is 30.3 Å². The average Bonchev–Trinajstić information content (AvgIpc) is 3.78. The van der Waals surface area contributed by atoms with Crippen molar-refractivity contribution in [2.24, 2.45) is 0 Å². The molecule has 7 aromatic carbocycles. The Labute approximate surface area is 347 Å². The molecule has 0 spiro atoms. The Balaban J connectivity index is 1.44. The first-order valence-corrected chi connectivity index (χ1v) is 18.5. The summed E-state index contributed by atoms with van der Waals surface area (Å²) in [6.07, 6.45) is -10.3. The molecule has 0 unspecified atom stereocenters. The number of benzene rings is 7. The van der Waals surface area contributed by atoms with Gasteiger partial charge in [-0.3, -0.25) is 0 Å². The van der Waals surface area contributed by atoms with Crippen LogP contribution in [0.25, 0.3) is 77.2 Å². The van der Waals surface area contributed by atoms with Crippen molar-refractivity contribution in [2.45, 2.75) is 12.4 Å². The summed E-state index contributed by atoms with van der Waals surface area (Å²) in [5, 5.41) is 52.0. The van der Waals surface area contributed by atoms with E-state index in [1.807, 2.05) is 9.13 Å². The van der Waals surface area contributed by atoms with E-state index in [4.69, 9.17) is 0 Å². The minimum absolute atomic E-state index is 0.0836. The zero-order valence-electron chi connectivity index (χ0n) is 31.5. The number of nitrogens with zero attached hydrogens (tertiary/aromatic N) is 7. The van der Waals surface area contributed by atoms with Crippen molar-refractivity contribution in [1.29, 1.82) is 26.3 Å². The van der Waals surface area contributed by atoms with Crippen LogP contribution in [0, 0.1) is 56.7 Å². The second kappa shape index (κ2) is 14.2. The predicted octanol–water partition coefficient (Wildman–Crippen LogP) is 12.6. The SMILES string of the molecule is N#Cc1ccc(-n2c3ccc(C#N)cc3c3cc(C#N)ccc32)c(-c2cc(-c3ccc(C(F)(F)F)cc3C(F)(F)F)ccc2-n2c3ccc(C#N)cc3c3cc(C#N)ccc32)c1. The molecule has 0 atom stereocenters. The number of aromatic nitrogens is 2. The molecule has 0 radical (unpaired) electrons. The molecule has 7 nitrogen and oxygen atoms in total. The molecule has 0 fully saturated rings. The van der Waals surface area contributed by atoms with Gasteiger partial charge in [-0.05, 0) is 126 Å². The van der Waals surface area contributed by atoms with E-state index in [9.17, 15) is 52.7 Å². The maximum Gasteiger partial charge on any atom is 0.417 e. The largest absolute Gasteiger partial charge is 0.417 e. The third-order valence-electron chi connectivity index (χ3n) is 10.9. The number of rotatable bonds is 4. The molecule has 2 aromatic heterocycles. The van der Waals surface area contributed by atoms with Gasteiger partial charge in [0.1, 0.15) is 0 Å². The molecular formula is C49H21F6N7. The quantitative estimate of drug-likeness (QED) is 0.163. The Bertz CT molecular complexity index is 3490. The summed E-state index contributed by atoms with van der Waals surface area (Å²) in [7, 11) is 0. The lowest BCUT2D eigenvalue weighted by atomic mass is 9.92. The Kier molecular flexibility index (Phi) is 8.84. The predicted molar refractivity (Wildman–Crippen MR) is 220 cm³/mol. The first-order valence-electron chi connectivity index (χ1n) is 18.5. The van der Waals surface area contributed by atoms with Gasteiger partial charge in [0.15, 0.2) is 0 Å². The summed E-state index contributed by atoms with van der Waals surface area (Å²) < 4.78 is 89.4. The molecule has 13 heteroatoms. The fourth-order valence-corrected chi connectivity index (χ4v) is 8.18. The number of hydrogen-bond acceptors (Lipinski definition) is 5. The first-order chi connectivity index (χ1) is 29.8. The van der Waals surface area contributed by atoms with Gasteiger partial charge in [-0.2, -0.15) is 52.7 Å². The van der Waals surface area contributed by atoms with E-state index in [1.165, 1.54) is 12.1 Å². The maximum absolute atomic E-state index is 14.8. The van der Waals surface area contributed by atoms with Crippen molar-refractivity contribution in [3.8, 4) is 64.0 Å². The highest BCUT2D eigenvalue weighted by molar-refractivity contribution is 6.12. The molecule has 0 saturated carbocycles. The first kappa shape index (κ1) is 38.7. The van der Waals surface area contributed by atoms with Crippen LogP contribution in [-0.2, 0) is 12.4 Å². The minimum Gasteiger partial charge on any atom is -0.309 e. The normalized spacial score (nSPS) is 11.6. The smallest absolute Gasteiger partial charge is 0.309 e. The van der Waals surface area contributed by atoms with Crippen LogP contribution in [0.2, 0.25) is 0 Å². The molecule has 0 saturated heterocycles. The van der Waals surface area contributed by atoms with Gasteiger partial charge in [-0.15, -0.1) is 0 Å². The Morgan fingerprint density at radius 2 is 0.726 bits per heavy atom. The molecule has 0 amide bonds. The topological polar surface area (TPSA) is 129 Å². The molecule has 2 heterocycles. The Hall–Kier alpha value is -8.83. The molecule has 0 aliphatic rings. The van der Waals surface area contributed by atoms with Gasteiger partial charge < -0.3 is 9.13 Å². The van der Waals surface area contributed by atoms with Crippen LogP contribution in [0.5, 0.6) is 0 Å². The van der Waals surface area contributed by atoms with Gasteiger partial charge in [0.25, 0.3) is 0 Å². The van der Waals surface area contributed by atoms with Crippen LogP contribution in [0.1, 0.15) is 38.9 Å². The molecule has 0 N–H and O–H groups in total. The third-order valence-corrected chi connectivity index (χ3v) is 10.9. The van der Waals surface area contributed by atoms with Crippen molar-refractivity contribution >= 4 is 43.6 Å².